The summed E-state index contributed by atoms with van der Waals surface area (Å²) in [6, 6.07) is 12.5. The fraction of sp³-hybridized carbons (Fsp3) is 0.417. The van der Waals surface area contributed by atoms with E-state index in [2.05, 4.69) is 29.8 Å². The smallest absolute Gasteiger partial charge is 0.241 e. The lowest BCUT2D eigenvalue weighted by molar-refractivity contribution is -0.118. The van der Waals surface area contributed by atoms with Crippen molar-refractivity contribution in [1.29, 1.82) is 0 Å². The van der Waals surface area contributed by atoms with Gasteiger partial charge in [0.15, 0.2) is 11.5 Å². The van der Waals surface area contributed by atoms with Gasteiger partial charge in [-0.15, -0.1) is 0 Å². The standard InChI is InChI=1S/C24H33N3O4/c1-6-21(24(29)27-20-10-8-19(9-11-20)26-17(4)28)25-14-18-7-12-22(30-5)23(13-18)31-15-16(2)3/h7-13,16,21,25H,6,14-15H2,1-5H3,(H,26,28)(H,27,29). The minimum Gasteiger partial charge on any atom is -0.493 e. The number of hydrogen-bond acceptors (Lipinski definition) is 5. The molecule has 2 aromatic rings. The Morgan fingerprint density at radius 1 is 0.968 bits per heavy atom. The van der Waals surface area contributed by atoms with E-state index < -0.39 is 0 Å². The first kappa shape index (κ1) is 24.2. The Morgan fingerprint density at radius 3 is 2.16 bits per heavy atom. The Kier molecular flexibility index (Phi) is 9.34. The van der Waals surface area contributed by atoms with Crippen LogP contribution in [0.25, 0.3) is 0 Å². The number of benzene rings is 2. The topological polar surface area (TPSA) is 88.7 Å². The third kappa shape index (κ3) is 7.94. The van der Waals surface area contributed by atoms with E-state index in [0.717, 1.165) is 5.56 Å². The number of carbonyl (C=O) groups excluding carboxylic acids is 2. The van der Waals surface area contributed by atoms with Gasteiger partial charge in [0.25, 0.3) is 0 Å². The molecule has 0 aromatic heterocycles. The third-order valence-electron chi connectivity index (χ3n) is 4.55. The number of amides is 2. The molecule has 0 saturated heterocycles. The molecule has 0 aliphatic heterocycles. The summed E-state index contributed by atoms with van der Waals surface area (Å²) in [4.78, 5) is 23.8. The Morgan fingerprint density at radius 2 is 1.61 bits per heavy atom. The SMILES string of the molecule is CCC(NCc1ccc(OC)c(OCC(C)C)c1)C(=O)Nc1ccc(NC(C)=O)cc1. The molecule has 2 amide bonds. The molecule has 0 spiro atoms. The van der Waals surface area contributed by atoms with Gasteiger partial charge in [0.1, 0.15) is 0 Å². The number of methoxy groups -OCH3 is 1. The van der Waals surface area contributed by atoms with E-state index in [9.17, 15) is 9.59 Å². The molecule has 0 radical (unpaired) electrons. The Labute approximate surface area is 184 Å². The fourth-order valence-corrected chi connectivity index (χ4v) is 2.93. The molecule has 2 rings (SSSR count). The van der Waals surface area contributed by atoms with Gasteiger partial charge in [-0.3, -0.25) is 9.59 Å². The fourth-order valence-electron chi connectivity index (χ4n) is 2.93. The van der Waals surface area contributed by atoms with Gasteiger partial charge in [-0.25, -0.2) is 0 Å². The second kappa shape index (κ2) is 12.0. The lowest BCUT2D eigenvalue weighted by atomic mass is 10.1. The number of ether oxygens (including phenoxy) is 2. The van der Waals surface area contributed by atoms with Crippen LogP contribution in [-0.4, -0.2) is 31.6 Å². The van der Waals surface area contributed by atoms with Gasteiger partial charge in [-0.1, -0.05) is 26.8 Å². The minimum absolute atomic E-state index is 0.112. The molecule has 1 atom stereocenters. The zero-order valence-electron chi connectivity index (χ0n) is 19.0. The zero-order valence-corrected chi connectivity index (χ0v) is 19.0. The van der Waals surface area contributed by atoms with Crippen molar-refractivity contribution in [2.45, 2.75) is 46.7 Å². The van der Waals surface area contributed by atoms with Crippen LogP contribution in [0.2, 0.25) is 0 Å². The summed E-state index contributed by atoms with van der Waals surface area (Å²) >= 11 is 0. The van der Waals surface area contributed by atoms with E-state index in [1.807, 2.05) is 25.1 Å². The summed E-state index contributed by atoms with van der Waals surface area (Å²) < 4.78 is 11.2. The van der Waals surface area contributed by atoms with Gasteiger partial charge in [0.2, 0.25) is 11.8 Å². The predicted octanol–water partition coefficient (Wildman–Crippen LogP) is 4.20. The molecule has 7 heteroatoms. The Balaban J connectivity index is 1.97. The van der Waals surface area contributed by atoms with E-state index in [0.29, 0.717) is 48.4 Å². The lowest BCUT2D eigenvalue weighted by Gasteiger charge is -2.18. The first-order valence-corrected chi connectivity index (χ1v) is 10.5. The first-order valence-electron chi connectivity index (χ1n) is 10.5. The van der Waals surface area contributed by atoms with Gasteiger partial charge in [0.05, 0.1) is 19.8 Å². The molecule has 2 aromatic carbocycles. The highest BCUT2D eigenvalue weighted by molar-refractivity contribution is 5.95. The lowest BCUT2D eigenvalue weighted by Crippen LogP contribution is -2.39. The summed E-state index contributed by atoms with van der Waals surface area (Å²) in [6.45, 7) is 8.73. The largest absolute Gasteiger partial charge is 0.493 e. The molecule has 0 bridgehead atoms. The van der Waals surface area contributed by atoms with Gasteiger partial charge in [0, 0.05) is 24.8 Å². The molecule has 1 unspecified atom stereocenters. The average Bonchev–Trinajstić information content (AvgIpc) is 2.73. The second-order valence-electron chi connectivity index (χ2n) is 7.78. The van der Waals surface area contributed by atoms with Crippen molar-refractivity contribution in [3.63, 3.8) is 0 Å². The van der Waals surface area contributed by atoms with Crippen LogP contribution in [0.15, 0.2) is 42.5 Å². The van der Waals surface area contributed by atoms with E-state index in [4.69, 9.17) is 9.47 Å². The molecule has 0 fully saturated rings. The molecule has 0 heterocycles. The van der Waals surface area contributed by atoms with Crippen molar-refractivity contribution in [3.05, 3.63) is 48.0 Å². The quantitative estimate of drug-likeness (QED) is 0.500. The zero-order chi connectivity index (χ0) is 22.8. The Bertz CT molecular complexity index is 866. The van der Waals surface area contributed by atoms with E-state index in [-0.39, 0.29) is 17.9 Å². The molecule has 0 aliphatic carbocycles. The van der Waals surface area contributed by atoms with Crippen LogP contribution in [0.3, 0.4) is 0 Å². The predicted molar refractivity (Wildman–Crippen MR) is 124 cm³/mol. The number of anilines is 2. The van der Waals surface area contributed by atoms with Gasteiger partial charge < -0.3 is 25.4 Å². The van der Waals surface area contributed by atoms with Crippen LogP contribution >= 0.6 is 0 Å². The molecule has 0 aliphatic rings. The summed E-state index contributed by atoms with van der Waals surface area (Å²) in [5, 5.41) is 8.92. The number of rotatable bonds is 11. The maximum atomic E-state index is 12.7. The van der Waals surface area contributed by atoms with Crippen LogP contribution in [0.1, 0.15) is 39.7 Å². The van der Waals surface area contributed by atoms with Crippen molar-refractivity contribution in [1.82, 2.24) is 5.32 Å². The number of hydrogen-bond donors (Lipinski definition) is 3. The summed E-state index contributed by atoms with van der Waals surface area (Å²) in [5.74, 6) is 1.55. The van der Waals surface area contributed by atoms with E-state index >= 15 is 0 Å². The van der Waals surface area contributed by atoms with Gasteiger partial charge in [-0.05, 0) is 54.3 Å². The molecular weight excluding hydrogens is 394 g/mol. The molecule has 31 heavy (non-hydrogen) atoms. The number of nitrogens with one attached hydrogen (secondary N) is 3. The van der Waals surface area contributed by atoms with Crippen LogP contribution in [0.5, 0.6) is 11.5 Å². The van der Waals surface area contributed by atoms with Crippen molar-refractivity contribution in [2.24, 2.45) is 5.92 Å². The van der Waals surface area contributed by atoms with Crippen LogP contribution < -0.4 is 25.4 Å². The normalized spacial score (nSPS) is 11.7. The molecule has 3 N–H and O–H groups in total. The summed E-state index contributed by atoms with van der Waals surface area (Å²) in [6.07, 6.45) is 0.642. The highest BCUT2D eigenvalue weighted by atomic mass is 16.5. The van der Waals surface area contributed by atoms with Crippen LogP contribution in [0, 0.1) is 5.92 Å². The summed E-state index contributed by atoms with van der Waals surface area (Å²) in [7, 11) is 1.62. The van der Waals surface area contributed by atoms with Gasteiger partial charge in [-0.2, -0.15) is 0 Å². The third-order valence-corrected chi connectivity index (χ3v) is 4.55. The van der Waals surface area contributed by atoms with Crippen LogP contribution in [0.4, 0.5) is 11.4 Å². The van der Waals surface area contributed by atoms with Crippen LogP contribution in [-0.2, 0) is 16.1 Å². The Hall–Kier alpha value is -3.06. The number of carbonyl (C=O) groups is 2. The van der Waals surface area contributed by atoms with E-state index in [1.165, 1.54) is 6.92 Å². The van der Waals surface area contributed by atoms with Crippen molar-refractivity contribution in [3.8, 4) is 11.5 Å². The average molecular weight is 428 g/mol. The minimum atomic E-state index is -0.350. The maximum absolute atomic E-state index is 12.7. The highest BCUT2D eigenvalue weighted by Crippen LogP contribution is 2.28. The van der Waals surface area contributed by atoms with E-state index in [1.54, 1.807) is 31.4 Å². The molecule has 0 saturated carbocycles. The first-order chi connectivity index (χ1) is 14.8. The summed E-state index contributed by atoms with van der Waals surface area (Å²) in [5.41, 5.74) is 2.37. The molecule has 168 valence electrons. The molecule has 7 nitrogen and oxygen atoms in total. The monoisotopic (exact) mass is 427 g/mol. The second-order valence-corrected chi connectivity index (χ2v) is 7.78. The molecular formula is C24H33N3O4. The van der Waals surface area contributed by atoms with Gasteiger partial charge >= 0.3 is 0 Å². The maximum Gasteiger partial charge on any atom is 0.241 e. The highest BCUT2D eigenvalue weighted by Gasteiger charge is 2.16. The van der Waals surface area contributed by atoms with Crippen molar-refractivity contribution >= 4 is 23.2 Å². The van der Waals surface area contributed by atoms with Crippen molar-refractivity contribution < 1.29 is 19.1 Å². The van der Waals surface area contributed by atoms with Crippen molar-refractivity contribution in [2.75, 3.05) is 24.4 Å².